The summed E-state index contributed by atoms with van der Waals surface area (Å²) >= 11 is 0. The molecule has 0 aliphatic heterocycles. The smallest absolute Gasteiger partial charge is 0.409 e. The number of nitrogens with zero attached hydrogens (tertiary/aromatic N) is 2. The van der Waals surface area contributed by atoms with Crippen molar-refractivity contribution in [3.63, 3.8) is 0 Å². The summed E-state index contributed by atoms with van der Waals surface area (Å²) in [7, 11) is 4.96. The highest BCUT2D eigenvalue weighted by atomic mass is 33.1. The molecule has 0 saturated carbocycles. The molecule has 1 unspecified atom stereocenters. The van der Waals surface area contributed by atoms with Gasteiger partial charge in [0.15, 0.2) is 12.4 Å². The third-order valence-corrected chi connectivity index (χ3v) is 8.56. The Labute approximate surface area is 240 Å². The molecule has 0 aliphatic carbocycles. The van der Waals surface area contributed by atoms with Gasteiger partial charge in [-0.05, 0) is 61.5 Å². The maximum absolute atomic E-state index is 13.0. The van der Waals surface area contributed by atoms with Crippen LogP contribution in [0.25, 0.3) is 0 Å². The second kappa shape index (κ2) is 24.3. The zero-order chi connectivity index (χ0) is 27.7. The Bertz CT molecular complexity index is 787. The van der Waals surface area contributed by atoms with Gasteiger partial charge in [0.2, 0.25) is 0 Å². The molecule has 1 heterocycles. The molecule has 0 radical (unpaired) electrons. The Morgan fingerprint density at radius 2 is 1.71 bits per heavy atom. The van der Waals surface area contributed by atoms with Crippen LogP contribution in [0.2, 0.25) is 0 Å². The maximum Gasteiger partial charge on any atom is 0.409 e. The minimum Gasteiger partial charge on any atom is -0.441 e. The first kappa shape index (κ1) is 34.3. The van der Waals surface area contributed by atoms with Crippen molar-refractivity contribution in [2.45, 2.75) is 102 Å². The van der Waals surface area contributed by atoms with Crippen molar-refractivity contribution >= 4 is 33.5 Å². The highest BCUT2D eigenvalue weighted by Crippen LogP contribution is 2.28. The fourth-order valence-corrected chi connectivity index (χ4v) is 5.89. The molecule has 214 valence electrons. The summed E-state index contributed by atoms with van der Waals surface area (Å²) in [6.07, 6.45) is 24.5. The Hall–Kier alpha value is -1.73. The van der Waals surface area contributed by atoms with Crippen molar-refractivity contribution in [1.29, 1.82) is 0 Å². The van der Waals surface area contributed by atoms with Gasteiger partial charge in [-0.15, -0.1) is 0 Å². The van der Waals surface area contributed by atoms with E-state index >= 15 is 0 Å². The summed E-state index contributed by atoms with van der Waals surface area (Å²) in [5, 5.41) is 0.949. The zero-order valence-electron chi connectivity index (χ0n) is 23.9. The van der Waals surface area contributed by atoms with Crippen molar-refractivity contribution in [2.75, 3.05) is 26.0 Å². The van der Waals surface area contributed by atoms with Crippen LogP contribution in [0.3, 0.4) is 0 Å². The fourth-order valence-electron chi connectivity index (χ4n) is 3.97. The fraction of sp³-hybridized carbons (Fsp3) is 0.645. The monoisotopic (exact) mass is 562 g/mol. The van der Waals surface area contributed by atoms with Crippen LogP contribution in [0, 0.1) is 5.92 Å². The molecule has 0 aromatic carbocycles. The molecule has 0 bridgehead atoms. The van der Waals surface area contributed by atoms with Crippen molar-refractivity contribution in [3.05, 3.63) is 48.7 Å². The number of amides is 1. The summed E-state index contributed by atoms with van der Waals surface area (Å²) in [6.45, 7) is 4.80. The topological polar surface area (TPSA) is 59.5 Å². The lowest BCUT2D eigenvalue weighted by Gasteiger charge is -2.19. The molecule has 0 fully saturated rings. The molecule has 0 N–H and O–H groups in total. The molecule has 1 aromatic heterocycles. The largest absolute Gasteiger partial charge is 0.441 e. The van der Waals surface area contributed by atoms with Gasteiger partial charge in [0.25, 0.3) is 0 Å². The minimum absolute atomic E-state index is 0.00483. The van der Waals surface area contributed by atoms with E-state index in [0.29, 0.717) is 6.54 Å². The van der Waals surface area contributed by atoms with E-state index in [9.17, 15) is 9.59 Å². The van der Waals surface area contributed by atoms with Crippen LogP contribution in [0.5, 0.6) is 0 Å². The van der Waals surface area contributed by atoms with Gasteiger partial charge in [-0.3, -0.25) is 4.79 Å². The number of rotatable bonds is 23. The SMILES string of the molecule is CCC=CCC=CCCCCCC(CCCCCCC)C(=O)COC(=O)N(C)CCSSc1ccccn1. The van der Waals surface area contributed by atoms with Crippen LogP contribution in [0.1, 0.15) is 97.3 Å². The Kier molecular flexibility index (Phi) is 22.0. The Balaban J connectivity index is 2.34. The quantitative estimate of drug-likeness (QED) is 0.0752. The van der Waals surface area contributed by atoms with Gasteiger partial charge in [-0.1, -0.05) is 100.0 Å². The van der Waals surface area contributed by atoms with Gasteiger partial charge in [-0.2, -0.15) is 0 Å². The molecule has 38 heavy (non-hydrogen) atoms. The number of ketones is 1. The Morgan fingerprint density at radius 1 is 0.974 bits per heavy atom. The second-order valence-corrected chi connectivity index (χ2v) is 12.1. The lowest BCUT2D eigenvalue weighted by molar-refractivity contribution is -0.126. The number of hydrogen-bond donors (Lipinski definition) is 0. The first-order chi connectivity index (χ1) is 18.6. The van der Waals surface area contributed by atoms with E-state index in [1.807, 2.05) is 18.2 Å². The minimum atomic E-state index is -0.427. The molecular weight excluding hydrogens is 512 g/mol. The third kappa shape index (κ3) is 18.5. The molecule has 1 amide bonds. The van der Waals surface area contributed by atoms with Gasteiger partial charge in [0.05, 0.1) is 0 Å². The number of Topliss-reactive ketones (excluding diaryl/α,β-unsaturated/α-hetero) is 1. The molecule has 1 atom stereocenters. The highest BCUT2D eigenvalue weighted by Gasteiger charge is 2.20. The highest BCUT2D eigenvalue weighted by molar-refractivity contribution is 8.76. The van der Waals surface area contributed by atoms with Crippen molar-refractivity contribution < 1.29 is 14.3 Å². The molecule has 1 rings (SSSR count). The van der Waals surface area contributed by atoms with Crippen LogP contribution < -0.4 is 0 Å². The summed E-state index contributed by atoms with van der Waals surface area (Å²) in [4.78, 5) is 31.2. The average Bonchev–Trinajstić information content (AvgIpc) is 2.94. The van der Waals surface area contributed by atoms with E-state index in [2.05, 4.69) is 43.1 Å². The van der Waals surface area contributed by atoms with E-state index in [0.717, 1.165) is 68.6 Å². The number of hydrogen-bond acceptors (Lipinski definition) is 6. The number of aromatic nitrogens is 1. The zero-order valence-corrected chi connectivity index (χ0v) is 25.6. The van der Waals surface area contributed by atoms with Gasteiger partial charge < -0.3 is 9.64 Å². The van der Waals surface area contributed by atoms with Crippen molar-refractivity contribution in [3.8, 4) is 0 Å². The summed E-state index contributed by atoms with van der Waals surface area (Å²) < 4.78 is 5.40. The van der Waals surface area contributed by atoms with E-state index in [-0.39, 0.29) is 18.3 Å². The maximum atomic E-state index is 13.0. The van der Waals surface area contributed by atoms with Crippen molar-refractivity contribution in [1.82, 2.24) is 9.88 Å². The predicted molar refractivity (Wildman–Crippen MR) is 165 cm³/mol. The van der Waals surface area contributed by atoms with Crippen LogP contribution in [0.4, 0.5) is 4.79 Å². The number of unbranched alkanes of at least 4 members (excludes halogenated alkanes) is 7. The average molecular weight is 563 g/mol. The standard InChI is InChI=1S/C31H50N2O3S2/c1-4-6-8-10-11-12-13-14-16-18-22-28(21-17-15-9-7-5-2)29(34)27-36-31(35)33(3)25-26-37-38-30-23-19-20-24-32-30/h6,8,11-12,19-20,23-24,28H,4-5,7,9-10,13-18,21-22,25-27H2,1-3H3. The second-order valence-electron chi connectivity index (χ2n) is 9.64. The van der Waals surface area contributed by atoms with E-state index < -0.39 is 6.09 Å². The lowest BCUT2D eigenvalue weighted by atomic mass is 9.91. The van der Waals surface area contributed by atoms with Crippen LogP contribution >= 0.6 is 21.6 Å². The van der Waals surface area contributed by atoms with Crippen LogP contribution in [-0.2, 0) is 9.53 Å². The number of allylic oxidation sites excluding steroid dienone is 4. The number of carbonyl (C=O) groups is 2. The summed E-state index contributed by atoms with van der Waals surface area (Å²) in [5.41, 5.74) is 0. The molecule has 7 heteroatoms. The molecule has 0 aliphatic rings. The van der Waals surface area contributed by atoms with Crippen LogP contribution in [0.15, 0.2) is 53.7 Å². The molecule has 0 spiro atoms. The summed E-state index contributed by atoms with van der Waals surface area (Å²) in [6, 6.07) is 5.82. The number of ether oxygens (including phenoxy) is 1. The molecule has 1 aromatic rings. The van der Waals surface area contributed by atoms with Gasteiger partial charge in [0, 0.05) is 31.5 Å². The molecule has 0 saturated heterocycles. The normalized spacial score (nSPS) is 12.3. The summed E-state index contributed by atoms with van der Waals surface area (Å²) in [5.74, 6) is 0.825. The van der Waals surface area contributed by atoms with E-state index in [1.54, 1.807) is 39.7 Å². The van der Waals surface area contributed by atoms with Crippen molar-refractivity contribution in [2.24, 2.45) is 5.92 Å². The predicted octanol–water partition coefficient (Wildman–Crippen LogP) is 9.30. The van der Waals surface area contributed by atoms with E-state index in [4.69, 9.17) is 4.74 Å². The van der Waals surface area contributed by atoms with Gasteiger partial charge >= 0.3 is 6.09 Å². The Morgan fingerprint density at radius 3 is 2.42 bits per heavy atom. The first-order valence-corrected chi connectivity index (χ1v) is 16.8. The van der Waals surface area contributed by atoms with Gasteiger partial charge in [-0.25, -0.2) is 9.78 Å². The lowest BCUT2D eigenvalue weighted by Crippen LogP contribution is -2.32. The molecule has 5 nitrogen and oxygen atoms in total. The first-order valence-electron chi connectivity index (χ1n) is 14.5. The molecular formula is C31H50N2O3S2. The van der Waals surface area contributed by atoms with Crippen LogP contribution in [-0.4, -0.2) is 47.7 Å². The van der Waals surface area contributed by atoms with E-state index in [1.165, 1.54) is 25.7 Å². The number of pyridine rings is 1. The van der Waals surface area contributed by atoms with Gasteiger partial charge in [0.1, 0.15) is 5.03 Å². The third-order valence-electron chi connectivity index (χ3n) is 6.32. The number of carbonyl (C=O) groups excluding carboxylic acids is 2.